The van der Waals surface area contributed by atoms with Crippen molar-refractivity contribution in [3.05, 3.63) is 34.9 Å². The fraction of sp³-hybridized carbons (Fsp3) is 0.667. The van der Waals surface area contributed by atoms with Gasteiger partial charge in [0.2, 0.25) is 0 Å². The summed E-state index contributed by atoms with van der Waals surface area (Å²) < 4.78 is 5.81. The molecule has 0 aromatic heterocycles. The van der Waals surface area contributed by atoms with Crippen LogP contribution < -0.4 is 0 Å². The number of benzene rings is 1. The molecule has 0 spiro atoms. The molecule has 0 amide bonds. The maximum atomic E-state index is 10.2. The molecule has 23 heavy (non-hydrogen) atoms. The first-order chi connectivity index (χ1) is 11.0. The van der Waals surface area contributed by atoms with Gasteiger partial charge in [-0.15, -0.1) is 0 Å². The van der Waals surface area contributed by atoms with Crippen molar-refractivity contribution in [3.63, 3.8) is 0 Å². The van der Waals surface area contributed by atoms with Crippen molar-refractivity contribution in [2.45, 2.75) is 38.0 Å². The van der Waals surface area contributed by atoms with Gasteiger partial charge in [0, 0.05) is 17.6 Å². The first-order valence-corrected chi connectivity index (χ1v) is 8.77. The van der Waals surface area contributed by atoms with Gasteiger partial charge in [0.15, 0.2) is 0 Å². The molecule has 0 saturated carbocycles. The molecule has 0 radical (unpaired) electrons. The molecular weight excluding hydrogens is 312 g/mol. The van der Waals surface area contributed by atoms with E-state index in [1.165, 1.54) is 12.8 Å². The van der Waals surface area contributed by atoms with Crippen LogP contribution in [0.25, 0.3) is 0 Å². The van der Waals surface area contributed by atoms with Crippen LogP contribution in [0.1, 0.15) is 31.4 Å². The van der Waals surface area contributed by atoms with E-state index < -0.39 is 6.10 Å². The van der Waals surface area contributed by atoms with Crippen LogP contribution in [0, 0.1) is 0 Å². The van der Waals surface area contributed by atoms with Crippen LogP contribution in [-0.4, -0.2) is 67.4 Å². The number of aliphatic hydroxyl groups excluding tert-OH is 1. The van der Waals surface area contributed by atoms with Crippen molar-refractivity contribution >= 4 is 11.6 Å². The van der Waals surface area contributed by atoms with Crippen molar-refractivity contribution in [3.8, 4) is 0 Å². The normalized spacial score (nSPS) is 19.9. The Kier molecular flexibility index (Phi) is 7.31. The SMILES string of the molecule is C[C@@H](OC[C@@H](O)CN(C)C1CCN(C)CC1)c1ccc(Cl)cc1. The Morgan fingerprint density at radius 1 is 1.30 bits per heavy atom. The van der Waals surface area contributed by atoms with Gasteiger partial charge in [0.05, 0.1) is 18.8 Å². The van der Waals surface area contributed by atoms with Gasteiger partial charge in [0.1, 0.15) is 0 Å². The highest BCUT2D eigenvalue weighted by atomic mass is 35.5. The van der Waals surface area contributed by atoms with Crippen molar-refractivity contribution in [2.24, 2.45) is 0 Å². The smallest absolute Gasteiger partial charge is 0.0900 e. The molecule has 4 nitrogen and oxygen atoms in total. The van der Waals surface area contributed by atoms with Gasteiger partial charge in [0.25, 0.3) is 0 Å². The van der Waals surface area contributed by atoms with Crippen LogP contribution in [-0.2, 0) is 4.74 Å². The average Bonchev–Trinajstić information content (AvgIpc) is 2.54. The summed E-state index contributed by atoms with van der Waals surface area (Å²) in [7, 11) is 4.26. The highest BCUT2D eigenvalue weighted by Crippen LogP contribution is 2.20. The Bertz CT molecular complexity index is 461. The largest absolute Gasteiger partial charge is 0.389 e. The van der Waals surface area contributed by atoms with Crippen LogP contribution >= 0.6 is 11.6 Å². The Morgan fingerprint density at radius 2 is 1.91 bits per heavy atom. The van der Waals surface area contributed by atoms with E-state index in [-0.39, 0.29) is 6.10 Å². The van der Waals surface area contributed by atoms with Gasteiger partial charge in [-0.1, -0.05) is 23.7 Å². The molecule has 0 aliphatic carbocycles. The number of piperidine rings is 1. The highest BCUT2D eigenvalue weighted by molar-refractivity contribution is 6.30. The fourth-order valence-corrected chi connectivity index (χ4v) is 3.18. The van der Waals surface area contributed by atoms with Gasteiger partial charge < -0.3 is 19.6 Å². The molecule has 1 aromatic carbocycles. The predicted octanol–water partition coefficient (Wildman–Crippen LogP) is 2.80. The minimum absolute atomic E-state index is 0.0458. The number of likely N-dealkylation sites (N-methyl/N-ethyl adjacent to an activating group) is 1. The standard InChI is InChI=1S/C18H29ClN2O2/c1-14(15-4-6-16(19)7-5-15)23-13-18(22)12-21(3)17-8-10-20(2)11-9-17/h4-7,14,17-18,22H,8-13H2,1-3H3/t14-,18+/m1/s1. The minimum atomic E-state index is -0.464. The quantitative estimate of drug-likeness (QED) is 0.828. The number of halogens is 1. The first kappa shape index (κ1) is 18.7. The molecule has 1 N–H and O–H groups in total. The summed E-state index contributed by atoms with van der Waals surface area (Å²) >= 11 is 5.89. The number of aliphatic hydroxyl groups is 1. The Hall–Kier alpha value is -0.650. The van der Waals surface area contributed by atoms with Crippen LogP contribution in [0.2, 0.25) is 5.02 Å². The summed E-state index contributed by atoms with van der Waals surface area (Å²) in [6.45, 7) is 5.27. The topological polar surface area (TPSA) is 35.9 Å². The van der Waals surface area contributed by atoms with Gasteiger partial charge in [-0.3, -0.25) is 0 Å². The second-order valence-electron chi connectivity index (χ2n) is 6.65. The molecule has 1 heterocycles. The number of ether oxygens (including phenoxy) is 1. The summed E-state index contributed by atoms with van der Waals surface area (Å²) in [6, 6.07) is 8.21. The van der Waals surface area contributed by atoms with E-state index in [0.29, 0.717) is 19.2 Å². The summed E-state index contributed by atoms with van der Waals surface area (Å²) in [5, 5.41) is 11.0. The molecule has 1 saturated heterocycles. The number of rotatable bonds is 7. The van der Waals surface area contributed by atoms with Crippen molar-refractivity contribution in [1.82, 2.24) is 9.80 Å². The predicted molar refractivity (Wildman–Crippen MR) is 95.0 cm³/mol. The Balaban J connectivity index is 1.71. The number of likely N-dealkylation sites (tertiary alicyclic amines) is 1. The van der Waals surface area contributed by atoms with Crippen LogP contribution in [0.4, 0.5) is 0 Å². The maximum Gasteiger partial charge on any atom is 0.0900 e. The summed E-state index contributed by atoms with van der Waals surface area (Å²) in [5.41, 5.74) is 1.07. The van der Waals surface area contributed by atoms with E-state index in [1.54, 1.807) is 0 Å². The van der Waals surface area contributed by atoms with Crippen LogP contribution in [0.15, 0.2) is 24.3 Å². The van der Waals surface area contributed by atoms with Gasteiger partial charge >= 0.3 is 0 Å². The average molecular weight is 341 g/mol. The van der Waals surface area contributed by atoms with Crippen LogP contribution in [0.5, 0.6) is 0 Å². The van der Waals surface area contributed by atoms with E-state index in [1.807, 2.05) is 31.2 Å². The second kappa shape index (κ2) is 9.00. The van der Waals surface area contributed by atoms with Gasteiger partial charge in [-0.2, -0.15) is 0 Å². The minimum Gasteiger partial charge on any atom is -0.389 e. The van der Waals surface area contributed by atoms with Gasteiger partial charge in [-0.05, 0) is 64.6 Å². The molecule has 1 aliphatic heterocycles. The Morgan fingerprint density at radius 3 is 2.52 bits per heavy atom. The van der Waals surface area contributed by atoms with Crippen LogP contribution in [0.3, 0.4) is 0 Å². The Labute approximate surface area is 145 Å². The molecule has 1 aliphatic rings. The zero-order valence-electron chi connectivity index (χ0n) is 14.4. The lowest BCUT2D eigenvalue weighted by Gasteiger charge is -2.36. The molecule has 2 atom stereocenters. The second-order valence-corrected chi connectivity index (χ2v) is 7.09. The third-order valence-corrected chi connectivity index (χ3v) is 4.94. The summed E-state index contributed by atoms with van der Waals surface area (Å²) in [6.07, 6.45) is 1.83. The van der Waals surface area contributed by atoms with E-state index in [4.69, 9.17) is 16.3 Å². The van der Waals surface area contributed by atoms with Crippen molar-refractivity contribution in [1.29, 1.82) is 0 Å². The lowest BCUT2D eigenvalue weighted by Crippen LogP contribution is -2.45. The van der Waals surface area contributed by atoms with Gasteiger partial charge in [-0.25, -0.2) is 0 Å². The molecular formula is C18H29ClN2O2. The molecule has 1 aromatic rings. The molecule has 0 bridgehead atoms. The van der Waals surface area contributed by atoms with E-state index in [2.05, 4.69) is 23.9 Å². The fourth-order valence-electron chi connectivity index (χ4n) is 3.06. The van der Waals surface area contributed by atoms with Crippen molar-refractivity contribution in [2.75, 3.05) is 40.3 Å². The molecule has 0 unspecified atom stereocenters. The maximum absolute atomic E-state index is 10.2. The summed E-state index contributed by atoms with van der Waals surface area (Å²) in [5.74, 6) is 0. The third kappa shape index (κ3) is 6.05. The van der Waals surface area contributed by atoms with E-state index in [9.17, 15) is 5.11 Å². The number of hydrogen-bond acceptors (Lipinski definition) is 4. The third-order valence-electron chi connectivity index (χ3n) is 4.69. The zero-order valence-corrected chi connectivity index (χ0v) is 15.2. The lowest BCUT2D eigenvalue weighted by atomic mass is 10.0. The summed E-state index contributed by atoms with van der Waals surface area (Å²) in [4.78, 5) is 4.63. The number of hydrogen-bond donors (Lipinski definition) is 1. The molecule has 5 heteroatoms. The first-order valence-electron chi connectivity index (χ1n) is 8.39. The monoisotopic (exact) mass is 340 g/mol. The van der Waals surface area contributed by atoms with E-state index in [0.717, 1.165) is 23.7 Å². The zero-order chi connectivity index (χ0) is 16.8. The molecule has 2 rings (SSSR count). The van der Waals surface area contributed by atoms with Crippen molar-refractivity contribution < 1.29 is 9.84 Å². The lowest BCUT2D eigenvalue weighted by molar-refractivity contribution is -0.0201. The highest BCUT2D eigenvalue weighted by Gasteiger charge is 2.22. The molecule has 1 fully saturated rings. The molecule has 130 valence electrons. The number of nitrogens with zero attached hydrogens (tertiary/aromatic N) is 2. The van der Waals surface area contributed by atoms with E-state index >= 15 is 0 Å².